The fraction of sp³-hybridized carbons (Fsp3) is 0.404. The maximum atomic E-state index is 8.65. The first-order valence-corrected chi connectivity index (χ1v) is 35.2. The molecule has 4 heteroatoms. The minimum absolute atomic E-state index is 0.0402. The molecule has 0 saturated heterocycles. The van der Waals surface area contributed by atoms with Crippen LogP contribution in [-0.2, 0) is 31.8 Å². The van der Waals surface area contributed by atoms with Gasteiger partial charge >= 0.3 is 321 Å². The van der Waals surface area contributed by atoms with Gasteiger partial charge in [0.15, 0.2) is 0 Å². The van der Waals surface area contributed by atoms with Gasteiger partial charge in [0.05, 0.1) is 0 Å². The van der Waals surface area contributed by atoms with Gasteiger partial charge in [-0.2, -0.15) is 0 Å². The van der Waals surface area contributed by atoms with Gasteiger partial charge in [-0.25, -0.2) is 0 Å². The minimum atomic E-state index is -4.84. The molecule has 4 aromatic carbocycles. The molecule has 269 valence electrons. The molecular formula is C47H59Cl2SiZr. The molecule has 0 radical (unpaired) electrons. The summed E-state index contributed by atoms with van der Waals surface area (Å²) in [6.45, 7) is 32.6. The van der Waals surface area contributed by atoms with E-state index in [-0.39, 0.29) is 23.5 Å². The van der Waals surface area contributed by atoms with E-state index in [1.807, 2.05) is 0 Å². The van der Waals surface area contributed by atoms with Crippen molar-refractivity contribution in [3.05, 3.63) is 129 Å². The number of fused-ring (bicyclic) bond motifs is 2. The van der Waals surface area contributed by atoms with Crippen molar-refractivity contribution in [1.82, 2.24) is 0 Å². The molecule has 2 aliphatic rings. The Labute approximate surface area is 318 Å². The van der Waals surface area contributed by atoms with E-state index in [2.05, 4.69) is 181 Å². The number of hydrogen-bond donors (Lipinski definition) is 0. The topological polar surface area (TPSA) is 0 Å². The summed E-state index contributed by atoms with van der Waals surface area (Å²) in [7, 11) is 17.3. The van der Waals surface area contributed by atoms with Crippen LogP contribution in [0.4, 0.5) is 0 Å². The van der Waals surface area contributed by atoms with Crippen molar-refractivity contribution >= 4 is 34.6 Å². The molecule has 0 bridgehead atoms. The van der Waals surface area contributed by atoms with Gasteiger partial charge in [-0.15, -0.1) is 0 Å². The van der Waals surface area contributed by atoms with E-state index < -0.39 is 21.5 Å². The van der Waals surface area contributed by atoms with Crippen LogP contribution in [0.5, 0.6) is 0 Å². The summed E-state index contributed by atoms with van der Waals surface area (Å²) < 4.78 is 0.141. The number of halogens is 2. The predicted octanol–water partition coefficient (Wildman–Crippen LogP) is 14.9. The summed E-state index contributed by atoms with van der Waals surface area (Å²) in [6, 6.07) is 30.3. The molecule has 6 rings (SSSR count). The summed E-state index contributed by atoms with van der Waals surface area (Å²) >= 11 is -4.84. The van der Waals surface area contributed by atoms with Crippen LogP contribution in [0.25, 0.3) is 33.9 Å². The fourth-order valence-corrected chi connectivity index (χ4v) is 41.9. The Kier molecular flexibility index (Phi) is 9.75. The second-order valence-electron chi connectivity index (χ2n) is 19.1. The molecule has 0 aliphatic heterocycles. The summed E-state index contributed by atoms with van der Waals surface area (Å²) in [6.07, 6.45) is 2.44. The molecule has 0 N–H and O–H groups in total. The molecule has 0 amide bonds. The van der Waals surface area contributed by atoms with E-state index in [9.17, 15) is 0 Å². The Hall–Kier alpha value is -1.96. The van der Waals surface area contributed by atoms with Gasteiger partial charge in [0.1, 0.15) is 0 Å². The van der Waals surface area contributed by atoms with Crippen molar-refractivity contribution in [1.29, 1.82) is 0 Å². The first-order chi connectivity index (χ1) is 23.5. The molecular weight excluding hydrogens is 755 g/mol. The third-order valence-corrected chi connectivity index (χ3v) is 64.5. The first kappa shape index (κ1) is 38.8. The fourth-order valence-electron chi connectivity index (χ4n) is 9.00. The normalized spacial score (nSPS) is 18.8. The van der Waals surface area contributed by atoms with Crippen molar-refractivity contribution in [2.24, 2.45) is 0 Å². The summed E-state index contributed by atoms with van der Waals surface area (Å²) in [5.41, 5.74) is 18.8. The molecule has 2 atom stereocenters. The van der Waals surface area contributed by atoms with E-state index in [1.165, 1.54) is 77.9 Å². The van der Waals surface area contributed by atoms with Crippen molar-refractivity contribution in [2.45, 2.75) is 120 Å². The molecule has 0 heterocycles. The van der Waals surface area contributed by atoms with E-state index in [1.54, 1.807) is 0 Å². The molecule has 51 heavy (non-hydrogen) atoms. The third-order valence-electron chi connectivity index (χ3n) is 12.3. The van der Waals surface area contributed by atoms with E-state index in [0.717, 1.165) is 0 Å². The summed E-state index contributed by atoms with van der Waals surface area (Å²) in [5.74, 6) is -1.64. The number of hydrogen-bond acceptors (Lipinski definition) is 0. The standard InChI is InChI=1S/C24H29.C21H23.C2H7Si.2ClH.Zr/c1-16-11-17-9-8-10-21(22(17)12-16)18-13-19(23(2,3)4)15-20(14-18)24(5,6)7;1-14-13-17-7-6-8-19(20(17)15(14)2)16-9-11-18(12-10-16)21(3,4)5;1-3-2;;;/h8-15H,1-7H3;6-13H,1-5H3;3H,1-2H3;2*1H;/q;;;;;+2/p-2. The van der Waals surface area contributed by atoms with Gasteiger partial charge < -0.3 is 0 Å². The zero-order valence-corrected chi connectivity index (χ0v) is 38.7. The van der Waals surface area contributed by atoms with Crippen LogP contribution in [-0.4, -0.2) is 5.92 Å². The molecule has 2 aliphatic carbocycles. The van der Waals surface area contributed by atoms with Crippen LogP contribution in [0, 0.1) is 0 Å². The van der Waals surface area contributed by atoms with Crippen molar-refractivity contribution < 1.29 is 15.6 Å². The van der Waals surface area contributed by atoms with E-state index in [4.69, 9.17) is 17.0 Å². The molecule has 0 fully saturated rings. The van der Waals surface area contributed by atoms with E-state index >= 15 is 0 Å². The van der Waals surface area contributed by atoms with Gasteiger partial charge in [0.25, 0.3) is 0 Å². The Morgan fingerprint density at radius 2 is 1.08 bits per heavy atom. The van der Waals surface area contributed by atoms with Crippen LogP contribution < -0.4 is 0 Å². The quantitative estimate of drug-likeness (QED) is 0.176. The molecule has 2 unspecified atom stereocenters. The van der Waals surface area contributed by atoms with Crippen LogP contribution in [0.2, 0.25) is 13.1 Å². The van der Waals surface area contributed by atoms with Crippen molar-refractivity contribution in [3.8, 4) is 22.3 Å². The van der Waals surface area contributed by atoms with Gasteiger partial charge in [-0.3, -0.25) is 0 Å². The van der Waals surface area contributed by atoms with Gasteiger partial charge in [0, 0.05) is 0 Å². The maximum absolute atomic E-state index is 8.65. The Morgan fingerprint density at radius 3 is 1.59 bits per heavy atom. The molecule has 0 nitrogen and oxygen atoms in total. The monoisotopic (exact) mass is 811 g/mol. The van der Waals surface area contributed by atoms with Crippen LogP contribution in [0.3, 0.4) is 0 Å². The second-order valence-corrected chi connectivity index (χ2v) is 61.7. The number of allylic oxidation sites excluding steroid dienone is 3. The number of rotatable bonds is 5. The summed E-state index contributed by atoms with van der Waals surface area (Å²) in [5, 5.41) is 0. The predicted molar refractivity (Wildman–Crippen MR) is 228 cm³/mol. The zero-order chi connectivity index (χ0) is 37.7. The SMILES string of the molecule is CC1=Cc2c(-c3cc(C(C)(C)C)cc(C(C)(C)C)c3)cccc2[CH]1[Zr]([Cl])([Cl])([CH]1C(C)=C(C)c2c(-c3ccc(C(C)(C)C)cc3)cccc21)[SiH](C)C. The average Bonchev–Trinajstić information content (AvgIpc) is 3.53. The Bertz CT molecular complexity index is 2060. The second kappa shape index (κ2) is 12.8. The first-order valence-electron chi connectivity index (χ1n) is 18.9. The Morgan fingerprint density at radius 1 is 0.569 bits per heavy atom. The average molecular weight is 814 g/mol. The molecule has 0 spiro atoms. The van der Waals surface area contributed by atoms with Crippen molar-refractivity contribution in [3.63, 3.8) is 0 Å². The van der Waals surface area contributed by atoms with Gasteiger partial charge in [0.2, 0.25) is 0 Å². The van der Waals surface area contributed by atoms with Crippen LogP contribution >= 0.6 is 17.0 Å². The van der Waals surface area contributed by atoms with Gasteiger partial charge in [-0.1, -0.05) is 0 Å². The zero-order valence-electron chi connectivity index (χ0n) is 33.6. The van der Waals surface area contributed by atoms with Gasteiger partial charge in [-0.05, 0) is 0 Å². The van der Waals surface area contributed by atoms with Crippen LogP contribution in [0.15, 0.2) is 90.0 Å². The van der Waals surface area contributed by atoms with E-state index in [0.29, 0.717) is 0 Å². The molecule has 0 aromatic heterocycles. The van der Waals surface area contributed by atoms with Crippen molar-refractivity contribution in [2.75, 3.05) is 0 Å². The molecule has 4 aromatic rings. The Balaban J connectivity index is 1.54. The summed E-state index contributed by atoms with van der Waals surface area (Å²) in [4.78, 5) is 0. The van der Waals surface area contributed by atoms with Crippen LogP contribution in [0.1, 0.15) is 129 Å². The number of benzene rings is 4. The third kappa shape index (κ3) is 6.41. The molecule has 0 saturated carbocycles.